The second-order valence-electron chi connectivity index (χ2n) is 26.7. The summed E-state index contributed by atoms with van der Waals surface area (Å²) in [5, 5.41) is 23.3. The van der Waals surface area contributed by atoms with E-state index < -0.39 is 12.1 Å². The van der Waals surface area contributed by atoms with Gasteiger partial charge in [0.25, 0.3) is 0 Å². The van der Waals surface area contributed by atoms with E-state index in [-0.39, 0.29) is 18.5 Å². The minimum atomic E-state index is -0.845. The Balaban J connectivity index is 3.41. The van der Waals surface area contributed by atoms with Gasteiger partial charge in [-0.3, -0.25) is 9.59 Å². The summed E-state index contributed by atoms with van der Waals surface area (Å²) in [5.41, 5.74) is 0. The lowest BCUT2D eigenvalue weighted by Gasteiger charge is -2.20. The van der Waals surface area contributed by atoms with E-state index in [1.54, 1.807) is 6.08 Å². The molecule has 3 N–H and O–H groups in total. The molecule has 0 fully saturated rings. The molecule has 2 unspecified atom stereocenters. The van der Waals surface area contributed by atoms with Crippen molar-refractivity contribution in [3.8, 4) is 0 Å². The van der Waals surface area contributed by atoms with Crippen LogP contribution in [-0.2, 0) is 14.3 Å². The summed E-state index contributed by atoms with van der Waals surface area (Å²) >= 11 is 0. The van der Waals surface area contributed by atoms with Crippen LogP contribution >= 0.6 is 0 Å². The lowest BCUT2D eigenvalue weighted by Crippen LogP contribution is -2.45. The smallest absolute Gasteiger partial charge is 0.305 e. The predicted octanol–water partition coefficient (Wildman–Crippen LogP) is 25.6. The number of aliphatic hydroxyl groups is 2. The summed E-state index contributed by atoms with van der Waals surface area (Å²) in [7, 11) is 0. The maximum atomic E-state index is 12.6. The Hall–Kier alpha value is -2.18. The Morgan fingerprint density at radius 3 is 0.930 bits per heavy atom. The Morgan fingerprint density at radius 2 is 0.593 bits per heavy atom. The van der Waals surface area contributed by atoms with Gasteiger partial charge in [0.1, 0.15) is 0 Å². The van der Waals surface area contributed by atoms with Crippen molar-refractivity contribution in [2.75, 3.05) is 13.2 Å². The molecule has 6 heteroatoms. The first-order valence-electron chi connectivity index (χ1n) is 38.9. The molecule has 0 spiro atoms. The van der Waals surface area contributed by atoms with E-state index in [0.717, 1.165) is 51.4 Å². The topological polar surface area (TPSA) is 95.9 Å². The van der Waals surface area contributed by atoms with Crippen LogP contribution in [0.4, 0.5) is 0 Å². The number of hydrogen-bond donors (Lipinski definition) is 3. The molecule has 0 saturated carbocycles. The Labute approximate surface area is 537 Å². The zero-order valence-corrected chi connectivity index (χ0v) is 58.1. The molecule has 0 aliphatic rings. The highest BCUT2D eigenvalue weighted by atomic mass is 16.5. The molecule has 0 saturated heterocycles. The number of unbranched alkanes of at least 4 members (excludes halogenated alkanes) is 56. The van der Waals surface area contributed by atoms with Crippen LogP contribution in [0.3, 0.4) is 0 Å². The molecule has 0 radical (unpaired) electrons. The van der Waals surface area contributed by atoms with E-state index in [4.69, 9.17) is 4.74 Å². The average molecular weight is 1210 g/mol. The molecule has 0 rings (SSSR count). The van der Waals surface area contributed by atoms with E-state index in [1.165, 1.54) is 347 Å². The molecular weight excluding hydrogens is 1050 g/mol. The fraction of sp³-hybridized carbons (Fsp3) is 0.875. The van der Waals surface area contributed by atoms with Gasteiger partial charge >= 0.3 is 5.97 Å². The van der Waals surface area contributed by atoms with Gasteiger partial charge in [-0.2, -0.15) is 0 Å². The molecule has 6 nitrogen and oxygen atoms in total. The van der Waals surface area contributed by atoms with Crippen LogP contribution in [0.2, 0.25) is 0 Å². The molecule has 0 aromatic rings. The van der Waals surface area contributed by atoms with Crippen molar-refractivity contribution in [2.24, 2.45) is 0 Å². The summed E-state index contributed by atoms with van der Waals surface area (Å²) < 4.78 is 5.46. The largest absolute Gasteiger partial charge is 0.466 e. The maximum absolute atomic E-state index is 12.6. The van der Waals surface area contributed by atoms with Crippen LogP contribution < -0.4 is 5.32 Å². The van der Waals surface area contributed by atoms with Crippen molar-refractivity contribution in [3.05, 3.63) is 48.6 Å². The maximum Gasteiger partial charge on any atom is 0.305 e. The molecule has 0 aromatic carbocycles. The normalized spacial score (nSPS) is 12.7. The van der Waals surface area contributed by atoms with Gasteiger partial charge in [-0.15, -0.1) is 0 Å². The molecule has 86 heavy (non-hydrogen) atoms. The Kier molecular flexibility index (Phi) is 73.4. The highest BCUT2D eigenvalue weighted by Crippen LogP contribution is 2.19. The number of nitrogens with one attached hydrogen (secondary N) is 1. The molecule has 506 valence electrons. The molecule has 1 amide bonds. The summed E-state index contributed by atoms with van der Waals surface area (Å²) in [6, 6.07) is -0.629. The second-order valence-corrected chi connectivity index (χ2v) is 26.7. The van der Waals surface area contributed by atoms with Gasteiger partial charge in [-0.1, -0.05) is 377 Å². The predicted molar refractivity (Wildman–Crippen MR) is 379 cm³/mol. The van der Waals surface area contributed by atoms with E-state index >= 15 is 0 Å². The van der Waals surface area contributed by atoms with Crippen molar-refractivity contribution in [3.63, 3.8) is 0 Å². The zero-order valence-electron chi connectivity index (χ0n) is 58.1. The monoisotopic (exact) mass is 1210 g/mol. The third kappa shape index (κ3) is 70.9. The Bertz CT molecular complexity index is 1440. The Morgan fingerprint density at radius 1 is 0.326 bits per heavy atom. The van der Waals surface area contributed by atoms with Crippen molar-refractivity contribution in [2.45, 2.75) is 437 Å². The van der Waals surface area contributed by atoms with Gasteiger partial charge in [0.2, 0.25) is 5.91 Å². The van der Waals surface area contributed by atoms with Crippen LogP contribution in [0.1, 0.15) is 425 Å². The van der Waals surface area contributed by atoms with Crippen molar-refractivity contribution < 1.29 is 24.5 Å². The molecular formula is C80H151NO5. The van der Waals surface area contributed by atoms with Gasteiger partial charge < -0.3 is 20.3 Å². The number of esters is 1. The minimum Gasteiger partial charge on any atom is -0.466 e. The van der Waals surface area contributed by atoms with Crippen molar-refractivity contribution in [1.82, 2.24) is 5.32 Å². The van der Waals surface area contributed by atoms with Crippen LogP contribution in [0.5, 0.6) is 0 Å². The lowest BCUT2D eigenvalue weighted by molar-refractivity contribution is -0.143. The van der Waals surface area contributed by atoms with Crippen LogP contribution in [-0.4, -0.2) is 47.4 Å². The van der Waals surface area contributed by atoms with Crippen molar-refractivity contribution in [1.29, 1.82) is 0 Å². The van der Waals surface area contributed by atoms with Gasteiger partial charge in [0, 0.05) is 12.8 Å². The van der Waals surface area contributed by atoms with Crippen LogP contribution in [0.15, 0.2) is 48.6 Å². The number of ether oxygens (including phenoxy) is 1. The van der Waals surface area contributed by atoms with Gasteiger partial charge in [-0.25, -0.2) is 0 Å². The van der Waals surface area contributed by atoms with E-state index in [0.29, 0.717) is 19.4 Å². The van der Waals surface area contributed by atoms with Crippen LogP contribution in [0, 0.1) is 0 Å². The number of carbonyl (C=O) groups is 2. The zero-order chi connectivity index (χ0) is 62.0. The average Bonchev–Trinajstić information content (AvgIpc) is 3.61. The van der Waals surface area contributed by atoms with E-state index in [2.05, 4.69) is 55.6 Å². The number of allylic oxidation sites excluding steroid dienone is 7. The molecule has 0 bridgehead atoms. The van der Waals surface area contributed by atoms with Crippen molar-refractivity contribution >= 4 is 11.9 Å². The fourth-order valence-electron chi connectivity index (χ4n) is 12.1. The first kappa shape index (κ1) is 83.8. The number of amides is 1. The summed E-state index contributed by atoms with van der Waals surface area (Å²) in [4.78, 5) is 24.6. The highest BCUT2D eigenvalue weighted by Gasteiger charge is 2.18. The first-order chi connectivity index (χ1) is 42.5. The van der Waals surface area contributed by atoms with Gasteiger partial charge in [0.05, 0.1) is 25.4 Å². The quantitative estimate of drug-likeness (QED) is 0.0320. The SMILES string of the molecule is CCCC/C=C\CCCCCCCC(=O)OCCCCCCCCCCC/C=C\C/C=C\CCCCCCCCCCCCCCCCCCCC(=O)NC(CO)C(O)/C=C/CCCCCCCCCCCCCCCCCCCCCCCCC. The minimum absolute atomic E-state index is 0.00307. The van der Waals surface area contributed by atoms with Crippen LogP contribution in [0.25, 0.3) is 0 Å². The van der Waals surface area contributed by atoms with E-state index in [9.17, 15) is 19.8 Å². The number of hydrogen-bond acceptors (Lipinski definition) is 5. The third-order valence-corrected chi connectivity index (χ3v) is 18.1. The number of carbonyl (C=O) groups excluding carboxylic acids is 2. The highest BCUT2D eigenvalue weighted by molar-refractivity contribution is 5.76. The van der Waals surface area contributed by atoms with E-state index in [1.807, 2.05) is 6.08 Å². The summed E-state index contributed by atoms with van der Waals surface area (Å²) in [5.74, 6) is -0.0584. The van der Waals surface area contributed by atoms with Gasteiger partial charge in [-0.05, 0) is 83.5 Å². The first-order valence-corrected chi connectivity index (χ1v) is 38.9. The molecule has 0 aromatic heterocycles. The number of rotatable bonds is 73. The molecule has 0 aliphatic carbocycles. The molecule has 2 atom stereocenters. The second kappa shape index (κ2) is 75.3. The fourth-order valence-corrected chi connectivity index (χ4v) is 12.1. The molecule has 0 aliphatic heterocycles. The number of aliphatic hydroxyl groups excluding tert-OH is 2. The lowest BCUT2D eigenvalue weighted by atomic mass is 10.0. The standard InChI is InChI=1S/C80H151NO5/c1-3-5-7-9-11-13-15-16-17-18-19-20-21-31-34-37-40-43-46-49-53-56-60-64-68-72-78(83)77(76-82)81-79(84)73-69-65-61-57-54-50-47-44-41-38-35-32-29-27-25-23-22-24-26-28-30-33-36-39-42-45-48-51-55-59-63-67-71-75-86-80(85)74-70-66-62-58-52-14-12-10-8-6-4-2/h10,12,26,28,33,36,68,72,77-78,82-83H,3-9,11,13-25,27,29-32,34-35,37-67,69-71,73-76H2,1-2H3,(H,81,84)/b12-10-,28-26-,36-33-,72-68+. The summed E-state index contributed by atoms with van der Waals surface area (Å²) in [6.07, 6.45) is 99.4. The van der Waals surface area contributed by atoms with Gasteiger partial charge in [0.15, 0.2) is 0 Å². The molecule has 0 heterocycles. The third-order valence-electron chi connectivity index (χ3n) is 18.1. The summed E-state index contributed by atoms with van der Waals surface area (Å²) in [6.45, 7) is 4.90.